The van der Waals surface area contributed by atoms with Gasteiger partial charge in [0, 0.05) is 25.8 Å². The summed E-state index contributed by atoms with van der Waals surface area (Å²) in [5.41, 5.74) is 1.12. The summed E-state index contributed by atoms with van der Waals surface area (Å²) in [4.78, 5) is 4.61. The van der Waals surface area contributed by atoms with Crippen molar-refractivity contribution in [2.75, 3.05) is 6.54 Å². The van der Waals surface area contributed by atoms with Gasteiger partial charge >= 0.3 is 0 Å². The van der Waals surface area contributed by atoms with Crippen LogP contribution in [0.3, 0.4) is 0 Å². The van der Waals surface area contributed by atoms with Gasteiger partial charge in [-0.05, 0) is 25.8 Å². The second-order valence-corrected chi connectivity index (χ2v) is 4.77. The fraction of sp³-hybridized carbons (Fsp3) is 0.692. The number of aliphatic imine (C=N–C) groups is 1. The molecule has 1 aromatic heterocycles. The maximum atomic E-state index is 4.61. The molecule has 2 N–H and O–H groups in total. The number of rotatable bonds is 4. The Hall–Kier alpha value is -1.52. The third-order valence-corrected chi connectivity index (χ3v) is 3.36. The number of hydrogen-bond donors (Lipinski definition) is 2. The molecule has 1 fully saturated rings. The van der Waals surface area contributed by atoms with Gasteiger partial charge in [0.05, 0.1) is 12.2 Å². The second kappa shape index (κ2) is 6.42. The van der Waals surface area contributed by atoms with Crippen LogP contribution in [0.25, 0.3) is 0 Å². The van der Waals surface area contributed by atoms with E-state index in [1.54, 1.807) is 0 Å². The van der Waals surface area contributed by atoms with Gasteiger partial charge in [-0.3, -0.25) is 4.68 Å². The van der Waals surface area contributed by atoms with Gasteiger partial charge < -0.3 is 10.6 Å². The van der Waals surface area contributed by atoms with Gasteiger partial charge in [0.1, 0.15) is 0 Å². The maximum Gasteiger partial charge on any atom is 0.191 e. The molecule has 0 bridgehead atoms. The van der Waals surface area contributed by atoms with Crippen LogP contribution in [-0.2, 0) is 13.6 Å². The molecule has 0 saturated heterocycles. The fourth-order valence-electron chi connectivity index (χ4n) is 2.30. The monoisotopic (exact) mass is 249 g/mol. The topological polar surface area (TPSA) is 54.2 Å². The van der Waals surface area contributed by atoms with E-state index in [-0.39, 0.29) is 0 Å². The number of aromatic nitrogens is 2. The lowest BCUT2D eigenvalue weighted by atomic mass is 10.2. The molecule has 1 saturated carbocycles. The largest absolute Gasteiger partial charge is 0.357 e. The molecule has 1 heterocycles. The molecular weight excluding hydrogens is 226 g/mol. The minimum atomic E-state index is 0.592. The van der Waals surface area contributed by atoms with Crippen molar-refractivity contribution in [3.05, 3.63) is 18.0 Å². The van der Waals surface area contributed by atoms with Crippen LogP contribution in [0.1, 0.15) is 38.3 Å². The van der Waals surface area contributed by atoms with E-state index in [0.29, 0.717) is 12.6 Å². The highest BCUT2D eigenvalue weighted by Gasteiger charge is 2.15. The molecule has 0 amide bonds. The standard InChI is InChI=1S/C13H23N5/c1-3-14-13(17-11-6-4-5-7-11)15-10-12-8-9-16-18(12)2/h8-9,11H,3-7,10H2,1-2H3,(H2,14,15,17). The smallest absolute Gasteiger partial charge is 0.191 e. The van der Waals surface area contributed by atoms with Crippen molar-refractivity contribution < 1.29 is 0 Å². The Morgan fingerprint density at radius 2 is 2.28 bits per heavy atom. The maximum absolute atomic E-state index is 4.61. The van der Waals surface area contributed by atoms with Gasteiger partial charge in [0.15, 0.2) is 5.96 Å². The summed E-state index contributed by atoms with van der Waals surface area (Å²) in [6, 6.07) is 2.59. The minimum absolute atomic E-state index is 0.592. The fourth-order valence-corrected chi connectivity index (χ4v) is 2.30. The zero-order valence-electron chi connectivity index (χ0n) is 11.3. The van der Waals surface area contributed by atoms with Crippen LogP contribution < -0.4 is 10.6 Å². The molecule has 100 valence electrons. The van der Waals surface area contributed by atoms with Crippen LogP contribution in [0.15, 0.2) is 17.3 Å². The highest BCUT2D eigenvalue weighted by Crippen LogP contribution is 2.17. The Morgan fingerprint density at radius 3 is 2.89 bits per heavy atom. The van der Waals surface area contributed by atoms with Crippen molar-refractivity contribution in [1.82, 2.24) is 20.4 Å². The predicted molar refractivity (Wildman–Crippen MR) is 73.4 cm³/mol. The summed E-state index contributed by atoms with van der Waals surface area (Å²) in [6.45, 7) is 3.65. The molecule has 5 nitrogen and oxygen atoms in total. The molecule has 0 aliphatic heterocycles. The van der Waals surface area contributed by atoms with Crippen LogP contribution in [0.2, 0.25) is 0 Å². The first-order valence-corrected chi connectivity index (χ1v) is 6.81. The summed E-state index contributed by atoms with van der Waals surface area (Å²) in [5.74, 6) is 0.922. The van der Waals surface area contributed by atoms with E-state index in [0.717, 1.165) is 18.2 Å². The van der Waals surface area contributed by atoms with Crippen molar-refractivity contribution in [1.29, 1.82) is 0 Å². The average molecular weight is 249 g/mol. The Kier molecular flexibility index (Phi) is 4.61. The lowest BCUT2D eigenvalue weighted by Gasteiger charge is -2.16. The lowest BCUT2D eigenvalue weighted by molar-refractivity contribution is 0.612. The molecule has 1 aliphatic rings. The molecule has 0 spiro atoms. The Balaban J connectivity index is 1.93. The summed E-state index contributed by atoms with van der Waals surface area (Å²) in [6.07, 6.45) is 6.99. The third-order valence-electron chi connectivity index (χ3n) is 3.36. The number of nitrogens with zero attached hydrogens (tertiary/aromatic N) is 3. The zero-order chi connectivity index (χ0) is 12.8. The number of guanidine groups is 1. The molecular formula is C13H23N5. The van der Waals surface area contributed by atoms with Crippen LogP contribution in [0, 0.1) is 0 Å². The molecule has 0 atom stereocenters. The Morgan fingerprint density at radius 1 is 1.50 bits per heavy atom. The van der Waals surface area contributed by atoms with E-state index in [2.05, 4.69) is 27.6 Å². The normalized spacial score (nSPS) is 17.1. The van der Waals surface area contributed by atoms with E-state index in [4.69, 9.17) is 0 Å². The van der Waals surface area contributed by atoms with Gasteiger partial charge in [0.25, 0.3) is 0 Å². The molecule has 0 unspecified atom stereocenters. The van der Waals surface area contributed by atoms with Crippen molar-refractivity contribution in [3.8, 4) is 0 Å². The highest BCUT2D eigenvalue weighted by atomic mass is 15.3. The SMILES string of the molecule is CCNC(=NCc1ccnn1C)NC1CCCC1. The molecule has 0 aromatic carbocycles. The van der Waals surface area contributed by atoms with E-state index < -0.39 is 0 Å². The van der Waals surface area contributed by atoms with Crippen molar-refractivity contribution in [3.63, 3.8) is 0 Å². The first kappa shape index (κ1) is 12.9. The number of hydrogen-bond acceptors (Lipinski definition) is 2. The van der Waals surface area contributed by atoms with E-state index in [9.17, 15) is 0 Å². The van der Waals surface area contributed by atoms with Crippen LogP contribution >= 0.6 is 0 Å². The van der Waals surface area contributed by atoms with E-state index in [1.807, 2.05) is 24.0 Å². The quantitative estimate of drug-likeness (QED) is 0.627. The van der Waals surface area contributed by atoms with Crippen LogP contribution in [0.5, 0.6) is 0 Å². The zero-order valence-corrected chi connectivity index (χ0v) is 11.3. The van der Waals surface area contributed by atoms with Crippen LogP contribution in [-0.4, -0.2) is 28.3 Å². The van der Waals surface area contributed by atoms with Crippen molar-refractivity contribution in [2.24, 2.45) is 12.0 Å². The molecule has 1 aliphatic carbocycles. The van der Waals surface area contributed by atoms with E-state index >= 15 is 0 Å². The number of nitrogens with one attached hydrogen (secondary N) is 2. The molecule has 0 radical (unpaired) electrons. The van der Waals surface area contributed by atoms with Crippen molar-refractivity contribution >= 4 is 5.96 Å². The Bertz CT molecular complexity index is 390. The first-order chi connectivity index (χ1) is 8.79. The number of aryl methyl sites for hydroxylation is 1. The first-order valence-electron chi connectivity index (χ1n) is 6.81. The van der Waals surface area contributed by atoms with Crippen molar-refractivity contribution in [2.45, 2.75) is 45.2 Å². The average Bonchev–Trinajstić information content (AvgIpc) is 2.98. The van der Waals surface area contributed by atoms with Gasteiger partial charge in [-0.2, -0.15) is 5.10 Å². The molecule has 18 heavy (non-hydrogen) atoms. The summed E-state index contributed by atoms with van der Waals surface area (Å²) in [5, 5.41) is 11.0. The molecule has 2 rings (SSSR count). The predicted octanol–water partition coefficient (Wildman–Crippen LogP) is 1.42. The molecule has 1 aromatic rings. The summed E-state index contributed by atoms with van der Waals surface area (Å²) >= 11 is 0. The van der Waals surface area contributed by atoms with E-state index in [1.165, 1.54) is 25.7 Å². The highest BCUT2D eigenvalue weighted by molar-refractivity contribution is 5.80. The minimum Gasteiger partial charge on any atom is -0.357 e. The lowest BCUT2D eigenvalue weighted by Crippen LogP contribution is -2.42. The third kappa shape index (κ3) is 3.48. The molecule has 5 heteroatoms. The van der Waals surface area contributed by atoms with Crippen LogP contribution in [0.4, 0.5) is 0 Å². The second-order valence-electron chi connectivity index (χ2n) is 4.77. The van der Waals surface area contributed by atoms with Gasteiger partial charge in [0.2, 0.25) is 0 Å². The van der Waals surface area contributed by atoms with Gasteiger partial charge in [-0.1, -0.05) is 12.8 Å². The Labute approximate surface area is 109 Å². The van der Waals surface area contributed by atoms with Gasteiger partial charge in [-0.15, -0.1) is 0 Å². The summed E-state index contributed by atoms with van der Waals surface area (Å²) < 4.78 is 1.86. The summed E-state index contributed by atoms with van der Waals surface area (Å²) in [7, 11) is 1.95. The van der Waals surface area contributed by atoms with Gasteiger partial charge in [-0.25, -0.2) is 4.99 Å².